The van der Waals surface area contributed by atoms with Gasteiger partial charge in [-0.15, -0.1) is 0 Å². The minimum Gasteiger partial charge on any atom is -0.297 e. The van der Waals surface area contributed by atoms with Crippen LogP contribution in [0, 0.1) is 0 Å². The van der Waals surface area contributed by atoms with Gasteiger partial charge in [0, 0.05) is 6.42 Å². The highest BCUT2D eigenvalue weighted by atomic mass is 35.5. The highest BCUT2D eigenvalue weighted by Crippen LogP contribution is 2.31. The molecule has 0 aliphatic carbocycles. The third-order valence-electron chi connectivity index (χ3n) is 4.75. The SMILES string of the molecule is CCC(CC)(C(=O)Cc1ccc(Cl)c(Cl)c1)N1CCCC1. The molecule has 1 aromatic rings. The van der Waals surface area contributed by atoms with Crippen LogP contribution >= 0.6 is 23.2 Å². The number of hydrogen-bond acceptors (Lipinski definition) is 2. The monoisotopic (exact) mass is 327 g/mol. The lowest BCUT2D eigenvalue weighted by Gasteiger charge is -2.39. The van der Waals surface area contributed by atoms with Crippen LogP contribution in [-0.2, 0) is 11.2 Å². The molecule has 2 nitrogen and oxygen atoms in total. The maximum atomic E-state index is 13.0. The predicted octanol–water partition coefficient (Wildman–Crippen LogP) is 4.76. The normalized spacial score (nSPS) is 16.4. The number of benzene rings is 1. The molecule has 4 heteroatoms. The van der Waals surface area contributed by atoms with Gasteiger partial charge in [-0.05, 0) is 56.5 Å². The zero-order valence-corrected chi connectivity index (χ0v) is 14.3. The molecule has 0 N–H and O–H groups in total. The van der Waals surface area contributed by atoms with E-state index in [1.165, 1.54) is 12.8 Å². The topological polar surface area (TPSA) is 20.3 Å². The van der Waals surface area contributed by atoms with Crippen molar-refractivity contribution in [2.24, 2.45) is 0 Å². The predicted molar refractivity (Wildman–Crippen MR) is 89.3 cm³/mol. The second kappa shape index (κ2) is 7.13. The van der Waals surface area contributed by atoms with E-state index in [1.54, 1.807) is 6.07 Å². The van der Waals surface area contributed by atoms with Gasteiger partial charge >= 0.3 is 0 Å². The third-order valence-corrected chi connectivity index (χ3v) is 5.49. The van der Waals surface area contributed by atoms with Crippen molar-refractivity contribution in [1.29, 1.82) is 0 Å². The van der Waals surface area contributed by atoms with Gasteiger partial charge in [-0.3, -0.25) is 9.69 Å². The molecule has 0 atom stereocenters. The van der Waals surface area contributed by atoms with E-state index in [4.69, 9.17) is 23.2 Å². The number of carbonyl (C=O) groups is 1. The summed E-state index contributed by atoms with van der Waals surface area (Å²) in [6.07, 6.45) is 4.55. The summed E-state index contributed by atoms with van der Waals surface area (Å²) >= 11 is 12.0. The van der Waals surface area contributed by atoms with Gasteiger partial charge in [-0.2, -0.15) is 0 Å². The molecule has 1 aliphatic rings. The molecule has 0 bridgehead atoms. The summed E-state index contributed by atoms with van der Waals surface area (Å²) < 4.78 is 0. The van der Waals surface area contributed by atoms with E-state index >= 15 is 0 Å². The van der Waals surface area contributed by atoms with Crippen LogP contribution in [-0.4, -0.2) is 29.3 Å². The number of ketones is 1. The molecule has 0 amide bonds. The van der Waals surface area contributed by atoms with Crippen LogP contribution in [0.4, 0.5) is 0 Å². The van der Waals surface area contributed by atoms with Crippen molar-refractivity contribution < 1.29 is 4.79 Å². The Morgan fingerprint density at radius 3 is 2.29 bits per heavy atom. The first-order valence-electron chi connectivity index (χ1n) is 7.75. The Balaban J connectivity index is 2.20. The smallest absolute Gasteiger partial charge is 0.157 e. The number of Topliss-reactive ketones (excluding diaryl/α,β-unsaturated/α-hetero) is 1. The van der Waals surface area contributed by atoms with E-state index in [0.717, 1.165) is 31.5 Å². The maximum absolute atomic E-state index is 13.0. The number of nitrogens with zero attached hydrogens (tertiary/aromatic N) is 1. The van der Waals surface area contributed by atoms with Crippen molar-refractivity contribution in [3.05, 3.63) is 33.8 Å². The van der Waals surface area contributed by atoms with Crippen LogP contribution in [0.2, 0.25) is 10.0 Å². The Morgan fingerprint density at radius 2 is 1.76 bits per heavy atom. The lowest BCUT2D eigenvalue weighted by Crippen LogP contribution is -2.53. The van der Waals surface area contributed by atoms with Crippen molar-refractivity contribution in [1.82, 2.24) is 4.90 Å². The molecule has 21 heavy (non-hydrogen) atoms. The van der Waals surface area contributed by atoms with Crippen LogP contribution in [0.25, 0.3) is 0 Å². The summed E-state index contributed by atoms with van der Waals surface area (Å²) in [5, 5.41) is 1.05. The van der Waals surface area contributed by atoms with Crippen LogP contribution in [0.15, 0.2) is 18.2 Å². The Morgan fingerprint density at radius 1 is 1.14 bits per heavy atom. The lowest BCUT2D eigenvalue weighted by atomic mass is 9.83. The fourth-order valence-electron chi connectivity index (χ4n) is 3.41. The van der Waals surface area contributed by atoms with Crippen LogP contribution < -0.4 is 0 Å². The van der Waals surface area contributed by atoms with Crippen molar-refractivity contribution in [2.45, 2.75) is 51.5 Å². The van der Waals surface area contributed by atoms with E-state index in [1.807, 2.05) is 12.1 Å². The highest BCUT2D eigenvalue weighted by Gasteiger charge is 2.41. The molecular formula is C17H23Cl2NO. The fourth-order valence-corrected chi connectivity index (χ4v) is 3.73. The minimum atomic E-state index is -0.317. The Hall–Kier alpha value is -0.570. The van der Waals surface area contributed by atoms with Gasteiger partial charge in [0.1, 0.15) is 0 Å². The minimum absolute atomic E-state index is 0.299. The average molecular weight is 328 g/mol. The second-order valence-corrected chi connectivity index (χ2v) is 6.60. The fraction of sp³-hybridized carbons (Fsp3) is 0.588. The molecule has 1 saturated heterocycles. The molecule has 1 heterocycles. The Kier molecular flexibility index (Phi) is 5.70. The standard InChI is InChI=1S/C17H23Cl2NO/c1-3-17(4-2,20-9-5-6-10-20)16(21)12-13-7-8-14(18)15(19)11-13/h7-8,11H,3-6,9-10,12H2,1-2H3. The lowest BCUT2D eigenvalue weighted by molar-refractivity contribution is -0.130. The molecule has 0 saturated carbocycles. The van der Waals surface area contributed by atoms with Gasteiger partial charge in [0.05, 0.1) is 15.6 Å². The molecule has 1 aromatic carbocycles. The maximum Gasteiger partial charge on any atom is 0.157 e. The van der Waals surface area contributed by atoms with E-state index in [-0.39, 0.29) is 5.54 Å². The molecular weight excluding hydrogens is 305 g/mol. The molecule has 0 aromatic heterocycles. The van der Waals surface area contributed by atoms with Gasteiger partial charge < -0.3 is 0 Å². The summed E-state index contributed by atoms with van der Waals surface area (Å²) in [5.41, 5.74) is 0.627. The zero-order valence-electron chi connectivity index (χ0n) is 12.8. The molecule has 0 radical (unpaired) electrons. The molecule has 1 fully saturated rings. The quantitative estimate of drug-likeness (QED) is 0.750. The van der Waals surface area contributed by atoms with E-state index in [9.17, 15) is 4.79 Å². The van der Waals surface area contributed by atoms with E-state index in [0.29, 0.717) is 22.2 Å². The number of hydrogen-bond donors (Lipinski definition) is 0. The summed E-state index contributed by atoms with van der Waals surface area (Å²) in [5.74, 6) is 0.299. The van der Waals surface area contributed by atoms with Crippen molar-refractivity contribution >= 4 is 29.0 Å². The van der Waals surface area contributed by atoms with Crippen molar-refractivity contribution in [3.8, 4) is 0 Å². The first-order valence-corrected chi connectivity index (χ1v) is 8.51. The summed E-state index contributed by atoms with van der Waals surface area (Å²) in [4.78, 5) is 15.3. The number of rotatable bonds is 6. The number of carbonyl (C=O) groups excluding carboxylic acids is 1. The average Bonchev–Trinajstić information content (AvgIpc) is 3.00. The third kappa shape index (κ3) is 3.44. The highest BCUT2D eigenvalue weighted by molar-refractivity contribution is 6.42. The molecule has 0 unspecified atom stereocenters. The molecule has 1 aliphatic heterocycles. The van der Waals surface area contributed by atoms with Gasteiger partial charge in [-0.25, -0.2) is 0 Å². The summed E-state index contributed by atoms with van der Waals surface area (Å²) in [6.45, 7) is 6.31. The largest absolute Gasteiger partial charge is 0.297 e. The second-order valence-electron chi connectivity index (χ2n) is 5.78. The van der Waals surface area contributed by atoms with E-state index in [2.05, 4.69) is 18.7 Å². The molecule has 116 valence electrons. The molecule has 0 spiro atoms. The number of halogens is 2. The molecule has 2 rings (SSSR count). The van der Waals surface area contributed by atoms with E-state index < -0.39 is 0 Å². The number of likely N-dealkylation sites (tertiary alicyclic amines) is 1. The summed E-state index contributed by atoms with van der Waals surface area (Å²) in [7, 11) is 0. The summed E-state index contributed by atoms with van der Waals surface area (Å²) in [6, 6.07) is 5.47. The van der Waals surface area contributed by atoms with Crippen LogP contribution in [0.3, 0.4) is 0 Å². The van der Waals surface area contributed by atoms with Crippen LogP contribution in [0.1, 0.15) is 45.1 Å². The van der Waals surface area contributed by atoms with Gasteiger partial charge in [0.2, 0.25) is 0 Å². The zero-order chi connectivity index (χ0) is 15.5. The van der Waals surface area contributed by atoms with Crippen molar-refractivity contribution in [2.75, 3.05) is 13.1 Å². The van der Waals surface area contributed by atoms with Crippen molar-refractivity contribution in [3.63, 3.8) is 0 Å². The Labute approximate surface area is 137 Å². The Bertz CT molecular complexity index is 506. The first-order chi connectivity index (χ1) is 10.0. The van der Waals surface area contributed by atoms with Gasteiger partial charge in [0.25, 0.3) is 0 Å². The van der Waals surface area contributed by atoms with Crippen LogP contribution in [0.5, 0.6) is 0 Å². The van der Waals surface area contributed by atoms with Gasteiger partial charge in [0.15, 0.2) is 5.78 Å². The first kappa shape index (κ1) is 16.8. The van der Waals surface area contributed by atoms with Gasteiger partial charge in [-0.1, -0.05) is 43.1 Å².